The smallest absolute Gasteiger partial charge is 0.0480 e. The second kappa shape index (κ2) is 6.35. The number of nitrogens with zero attached hydrogens (tertiary/aromatic N) is 1. The highest BCUT2D eigenvalue weighted by molar-refractivity contribution is 4.69. The lowest BCUT2D eigenvalue weighted by atomic mass is 10.1. The summed E-state index contributed by atoms with van der Waals surface area (Å²) in [7, 11) is 4.22. The van der Waals surface area contributed by atoms with Crippen LogP contribution in [0.15, 0.2) is 0 Å². The molecule has 1 aliphatic rings. The summed E-state index contributed by atoms with van der Waals surface area (Å²) in [5, 5.41) is 3.57. The Morgan fingerprint density at radius 1 is 1.31 bits per heavy atom. The first-order valence-corrected chi connectivity index (χ1v) is 5.25. The van der Waals surface area contributed by atoms with Crippen molar-refractivity contribution in [2.24, 2.45) is 0 Å². The Bertz CT molecular complexity index is 120. The van der Waals surface area contributed by atoms with Gasteiger partial charge in [-0.2, -0.15) is 0 Å². The average Bonchev–Trinajstić information content (AvgIpc) is 2.32. The van der Waals surface area contributed by atoms with Gasteiger partial charge in [-0.05, 0) is 33.4 Å². The highest BCUT2D eigenvalue weighted by atomic mass is 16.5. The van der Waals surface area contributed by atoms with Gasteiger partial charge >= 0.3 is 0 Å². The van der Waals surface area contributed by atoms with E-state index >= 15 is 0 Å². The molecule has 0 aromatic rings. The van der Waals surface area contributed by atoms with E-state index in [9.17, 15) is 0 Å². The molecule has 0 aromatic carbocycles. The van der Waals surface area contributed by atoms with Crippen LogP contribution in [-0.4, -0.2) is 51.3 Å². The summed E-state index contributed by atoms with van der Waals surface area (Å²) in [5.74, 6) is 0. The van der Waals surface area contributed by atoms with Crippen LogP contribution in [0.4, 0.5) is 0 Å². The Labute approximate surface area is 81.4 Å². The molecular formula is C10H22N2O. The number of likely N-dealkylation sites (N-methyl/N-ethyl adjacent to an activating group) is 1. The van der Waals surface area contributed by atoms with E-state index in [0.717, 1.165) is 26.3 Å². The van der Waals surface area contributed by atoms with Gasteiger partial charge in [0, 0.05) is 32.3 Å². The maximum absolute atomic E-state index is 5.40. The summed E-state index contributed by atoms with van der Waals surface area (Å²) in [6, 6.07) is 0.683. The van der Waals surface area contributed by atoms with Crippen molar-refractivity contribution in [3.63, 3.8) is 0 Å². The van der Waals surface area contributed by atoms with Crippen LogP contribution in [0, 0.1) is 0 Å². The standard InChI is InChI=1S/C10H22N2O/c1-12(2)7-6-11-10-4-3-8-13-9-5-10/h10-11H,3-9H2,1-2H3. The first kappa shape index (κ1) is 11.0. The van der Waals surface area contributed by atoms with Gasteiger partial charge in [-0.15, -0.1) is 0 Å². The minimum absolute atomic E-state index is 0.683. The largest absolute Gasteiger partial charge is 0.381 e. The van der Waals surface area contributed by atoms with Crippen molar-refractivity contribution in [3.05, 3.63) is 0 Å². The molecule has 1 atom stereocenters. The number of rotatable bonds is 4. The van der Waals surface area contributed by atoms with Crippen molar-refractivity contribution in [1.82, 2.24) is 10.2 Å². The Morgan fingerprint density at radius 2 is 2.15 bits per heavy atom. The van der Waals surface area contributed by atoms with Gasteiger partial charge in [-0.1, -0.05) is 0 Å². The third kappa shape index (κ3) is 5.24. The van der Waals surface area contributed by atoms with Crippen molar-refractivity contribution in [1.29, 1.82) is 0 Å². The molecule has 1 N–H and O–H groups in total. The lowest BCUT2D eigenvalue weighted by molar-refractivity contribution is 0.142. The molecule has 0 radical (unpaired) electrons. The average molecular weight is 186 g/mol. The number of nitrogens with one attached hydrogen (secondary N) is 1. The predicted molar refractivity (Wildman–Crippen MR) is 55.0 cm³/mol. The molecule has 1 unspecified atom stereocenters. The quantitative estimate of drug-likeness (QED) is 0.699. The summed E-state index contributed by atoms with van der Waals surface area (Å²) in [6.45, 7) is 4.10. The molecule has 1 saturated heterocycles. The fourth-order valence-electron chi connectivity index (χ4n) is 1.60. The second-order valence-corrected chi connectivity index (χ2v) is 4.00. The van der Waals surface area contributed by atoms with E-state index in [0.29, 0.717) is 6.04 Å². The van der Waals surface area contributed by atoms with Crippen molar-refractivity contribution in [3.8, 4) is 0 Å². The van der Waals surface area contributed by atoms with Gasteiger partial charge < -0.3 is 15.0 Å². The summed E-state index contributed by atoms with van der Waals surface area (Å²) < 4.78 is 5.40. The van der Waals surface area contributed by atoms with E-state index in [1.165, 1.54) is 19.3 Å². The van der Waals surface area contributed by atoms with E-state index in [2.05, 4.69) is 24.3 Å². The van der Waals surface area contributed by atoms with E-state index in [1.54, 1.807) is 0 Å². The molecule has 0 saturated carbocycles. The first-order valence-electron chi connectivity index (χ1n) is 5.25. The normalized spacial score (nSPS) is 24.7. The van der Waals surface area contributed by atoms with E-state index in [-0.39, 0.29) is 0 Å². The third-order valence-electron chi connectivity index (χ3n) is 2.44. The molecule has 78 valence electrons. The minimum atomic E-state index is 0.683. The fourth-order valence-corrected chi connectivity index (χ4v) is 1.60. The van der Waals surface area contributed by atoms with Crippen LogP contribution in [0.5, 0.6) is 0 Å². The molecule has 13 heavy (non-hydrogen) atoms. The zero-order chi connectivity index (χ0) is 9.52. The van der Waals surface area contributed by atoms with Crippen LogP contribution in [-0.2, 0) is 4.74 Å². The van der Waals surface area contributed by atoms with Crippen LogP contribution >= 0.6 is 0 Å². The van der Waals surface area contributed by atoms with Gasteiger partial charge in [0.1, 0.15) is 0 Å². The lowest BCUT2D eigenvalue weighted by Gasteiger charge is -2.17. The summed E-state index contributed by atoms with van der Waals surface area (Å²) in [4.78, 5) is 2.21. The Morgan fingerprint density at radius 3 is 2.92 bits per heavy atom. The third-order valence-corrected chi connectivity index (χ3v) is 2.44. The molecular weight excluding hydrogens is 164 g/mol. The van der Waals surface area contributed by atoms with Crippen LogP contribution in [0.3, 0.4) is 0 Å². The van der Waals surface area contributed by atoms with Gasteiger partial charge in [0.15, 0.2) is 0 Å². The second-order valence-electron chi connectivity index (χ2n) is 4.00. The lowest BCUT2D eigenvalue weighted by Crippen LogP contribution is -2.34. The number of ether oxygens (including phenoxy) is 1. The summed E-state index contributed by atoms with van der Waals surface area (Å²) in [5.41, 5.74) is 0. The van der Waals surface area contributed by atoms with Crippen molar-refractivity contribution < 1.29 is 4.74 Å². The molecule has 1 fully saturated rings. The molecule has 0 aromatic heterocycles. The summed E-state index contributed by atoms with van der Waals surface area (Å²) >= 11 is 0. The van der Waals surface area contributed by atoms with Gasteiger partial charge in [0.05, 0.1) is 0 Å². The van der Waals surface area contributed by atoms with Crippen LogP contribution in [0.2, 0.25) is 0 Å². The van der Waals surface area contributed by atoms with Gasteiger partial charge in [-0.3, -0.25) is 0 Å². The van der Waals surface area contributed by atoms with Gasteiger partial charge in [0.25, 0.3) is 0 Å². The van der Waals surface area contributed by atoms with Crippen LogP contribution in [0.1, 0.15) is 19.3 Å². The maximum atomic E-state index is 5.40. The van der Waals surface area contributed by atoms with Crippen molar-refractivity contribution in [2.45, 2.75) is 25.3 Å². The van der Waals surface area contributed by atoms with E-state index < -0.39 is 0 Å². The monoisotopic (exact) mass is 186 g/mol. The van der Waals surface area contributed by atoms with Crippen molar-refractivity contribution in [2.75, 3.05) is 40.4 Å². The van der Waals surface area contributed by atoms with Gasteiger partial charge in [0.2, 0.25) is 0 Å². The van der Waals surface area contributed by atoms with E-state index in [1.807, 2.05) is 0 Å². The molecule has 1 aliphatic heterocycles. The molecule has 3 heteroatoms. The molecule has 0 bridgehead atoms. The molecule has 3 nitrogen and oxygen atoms in total. The summed E-state index contributed by atoms with van der Waals surface area (Å²) in [6.07, 6.45) is 3.65. The molecule has 1 rings (SSSR count). The molecule has 0 spiro atoms. The van der Waals surface area contributed by atoms with Crippen molar-refractivity contribution >= 4 is 0 Å². The zero-order valence-corrected chi connectivity index (χ0v) is 8.88. The molecule has 1 heterocycles. The minimum Gasteiger partial charge on any atom is -0.381 e. The number of hydrogen-bond acceptors (Lipinski definition) is 3. The highest BCUT2D eigenvalue weighted by Crippen LogP contribution is 2.07. The SMILES string of the molecule is CN(C)CCNC1CCCOCC1. The maximum Gasteiger partial charge on any atom is 0.0480 e. The fraction of sp³-hybridized carbons (Fsp3) is 1.00. The zero-order valence-electron chi connectivity index (χ0n) is 8.88. The Kier molecular flexibility index (Phi) is 5.35. The van der Waals surface area contributed by atoms with Crippen LogP contribution in [0.25, 0.3) is 0 Å². The van der Waals surface area contributed by atoms with Gasteiger partial charge in [-0.25, -0.2) is 0 Å². The molecule has 0 amide bonds. The number of hydrogen-bond donors (Lipinski definition) is 1. The Balaban J connectivity index is 2.05. The molecule has 0 aliphatic carbocycles. The predicted octanol–water partition coefficient (Wildman–Crippen LogP) is 0.707. The van der Waals surface area contributed by atoms with E-state index in [4.69, 9.17) is 4.74 Å². The Hall–Kier alpha value is -0.120. The topological polar surface area (TPSA) is 24.5 Å². The van der Waals surface area contributed by atoms with Crippen LogP contribution < -0.4 is 5.32 Å². The highest BCUT2D eigenvalue weighted by Gasteiger charge is 2.10. The first-order chi connectivity index (χ1) is 6.29.